The Labute approximate surface area is 119 Å². The highest BCUT2D eigenvalue weighted by molar-refractivity contribution is 9.10. The quantitative estimate of drug-likeness (QED) is 0.743. The largest absolute Gasteiger partial charge is 0.485 e. The van der Waals surface area contributed by atoms with Crippen LogP contribution in [0.4, 0.5) is 0 Å². The van der Waals surface area contributed by atoms with Crippen molar-refractivity contribution in [2.75, 3.05) is 0 Å². The molecule has 0 saturated heterocycles. The first-order valence-corrected chi connectivity index (χ1v) is 6.71. The molecule has 3 rings (SSSR count). The van der Waals surface area contributed by atoms with Crippen LogP contribution < -0.4 is 4.74 Å². The van der Waals surface area contributed by atoms with Gasteiger partial charge in [-0.2, -0.15) is 5.10 Å². The van der Waals surface area contributed by atoms with Gasteiger partial charge < -0.3 is 4.74 Å². The van der Waals surface area contributed by atoms with Crippen LogP contribution in [0.5, 0.6) is 5.75 Å². The molecule has 0 amide bonds. The number of hydrogen-bond donors (Lipinski definition) is 0. The molecular weight excluding hydrogens is 306 g/mol. The Morgan fingerprint density at radius 3 is 2.89 bits per heavy atom. The number of aryl methyl sites for hydroxylation is 1. The highest BCUT2D eigenvalue weighted by Gasteiger charge is 2.10. The minimum atomic E-state index is 0.384. The SMILES string of the molecule is Cc1ccccc1OCc1nc(Br)c2cccnn12. The van der Waals surface area contributed by atoms with Gasteiger partial charge in [0, 0.05) is 6.20 Å². The van der Waals surface area contributed by atoms with Crippen molar-refractivity contribution in [3.05, 3.63) is 58.6 Å². The van der Waals surface area contributed by atoms with Crippen LogP contribution in [0.2, 0.25) is 0 Å². The molecular formula is C14H12BrN3O. The van der Waals surface area contributed by atoms with E-state index in [9.17, 15) is 0 Å². The van der Waals surface area contributed by atoms with Crippen molar-refractivity contribution in [1.82, 2.24) is 14.6 Å². The van der Waals surface area contributed by atoms with Gasteiger partial charge >= 0.3 is 0 Å². The van der Waals surface area contributed by atoms with Gasteiger partial charge in [-0.3, -0.25) is 0 Å². The number of imidazole rings is 1. The summed E-state index contributed by atoms with van der Waals surface area (Å²) in [5.74, 6) is 1.64. The van der Waals surface area contributed by atoms with E-state index in [1.54, 1.807) is 10.7 Å². The van der Waals surface area contributed by atoms with E-state index < -0.39 is 0 Å². The summed E-state index contributed by atoms with van der Waals surface area (Å²) in [4.78, 5) is 4.43. The second kappa shape index (κ2) is 5.01. The fourth-order valence-electron chi connectivity index (χ4n) is 1.91. The summed E-state index contributed by atoms with van der Waals surface area (Å²) in [7, 11) is 0. The number of ether oxygens (including phenoxy) is 1. The molecule has 2 heterocycles. The lowest BCUT2D eigenvalue weighted by molar-refractivity contribution is 0.291. The highest BCUT2D eigenvalue weighted by atomic mass is 79.9. The van der Waals surface area contributed by atoms with Gasteiger partial charge in [-0.05, 0) is 46.6 Å². The van der Waals surface area contributed by atoms with E-state index in [4.69, 9.17) is 4.74 Å². The average Bonchev–Trinajstić information content (AvgIpc) is 2.75. The van der Waals surface area contributed by atoms with Crippen molar-refractivity contribution in [3.63, 3.8) is 0 Å². The van der Waals surface area contributed by atoms with Gasteiger partial charge in [0.1, 0.15) is 17.0 Å². The maximum Gasteiger partial charge on any atom is 0.169 e. The molecule has 0 bridgehead atoms. The minimum absolute atomic E-state index is 0.384. The zero-order valence-corrected chi connectivity index (χ0v) is 12.0. The Hall–Kier alpha value is -1.88. The summed E-state index contributed by atoms with van der Waals surface area (Å²) < 4.78 is 8.36. The second-order valence-electron chi connectivity index (χ2n) is 4.19. The van der Waals surface area contributed by atoms with Gasteiger partial charge in [-0.1, -0.05) is 18.2 Å². The van der Waals surface area contributed by atoms with Crippen molar-refractivity contribution < 1.29 is 4.74 Å². The van der Waals surface area contributed by atoms with Gasteiger partial charge in [0.05, 0.1) is 5.52 Å². The molecule has 5 heteroatoms. The van der Waals surface area contributed by atoms with Crippen molar-refractivity contribution in [2.24, 2.45) is 0 Å². The summed E-state index contributed by atoms with van der Waals surface area (Å²) in [5.41, 5.74) is 2.04. The van der Waals surface area contributed by atoms with Crippen LogP contribution >= 0.6 is 15.9 Å². The van der Waals surface area contributed by atoms with Gasteiger partial charge in [-0.25, -0.2) is 9.50 Å². The third-order valence-corrected chi connectivity index (χ3v) is 3.47. The van der Waals surface area contributed by atoms with Crippen LogP contribution in [-0.2, 0) is 6.61 Å². The number of fused-ring (bicyclic) bond motifs is 1. The second-order valence-corrected chi connectivity index (χ2v) is 4.94. The molecule has 0 aliphatic rings. The van der Waals surface area contributed by atoms with Crippen LogP contribution in [0.25, 0.3) is 5.52 Å². The van der Waals surface area contributed by atoms with Crippen LogP contribution in [0, 0.1) is 6.92 Å². The van der Waals surface area contributed by atoms with E-state index in [1.807, 2.05) is 43.3 Å². The summed E-state index contributed by atoms with van der Waals surface area (Å²) in [6, 6.07) is 11.8. The Kier molecular flexibility index (Phi) is 3.21. The van der Waals surface area contributed by atoms with Crippen LogP contribution in [-0.4, -0.2) is 14.6 Å². The molecule has 4 nitrogen and oxygen atoms in total. The first-order valence-electron chi connectivity index (χ1n) is 5.92. The van der Waals surface area contributed by atoms with Crippen molar-refractivity contribution in [1.29, 1.82) is 0 Å². The first kappa shape index (κ1) is 12.2. The number of para-hydroxylation sites is 1. The number of hydrogen-bond acceptors (Lipinski definition) is 3. The maximum absolute atomic E-state index is 5.80. The van der Waals surface area contributed by atoms with Crippen LogP contribution in [0.15, 0.2) is 47.2 Å². The van der Waals surface area contributed by atoms with Crippen molar-refractivity contribution in [3.8, 4) is 5.75 Å². The van der Waals surface area contributed by atoms with Gasteiger partial charge in [0.25, 0.3) is 0 Å². The summed E-state index contributed by atoms with van der Waals surface area (Å²) >= 11 is 3.43. The molecule has 0 atom stereocenters. The Bertz CT molecular complexity index is 724. The zero-order chi connectivity index (χ0) is 13.2. The predicted octanol–water partition coefficient (Wildman–Crippen LogP) is 3.38. The lowest BCUT2D eigenvalue weighted by Crippen LogP contribution is -2.03. The molecule has 0 saturated carbocycles. The summed E-state index contributed by atoms with van der Waals surface area (Å²) in [5, 5.41) is 4.28. The van der Waals surface area contributed by atoms with E-state index in [0.717, 1.165) is 27.3 Å². The van der Waals surface area contributed by atoms with E-state index in [-0.39, 0.29) is 0 Å². The molecule has 0 aliphatic heterocycles. The smallest absolute Gasteiger partial charge is 0.169 e. The van der Waals surface area contributed by atoms with Gasteiger partial charge in [0.2, 0.25) is 0 Å². The van der Waals surface area contributed by atoms with Crippen LogP contribution in [0.1, 0.15) is 11.4 Å². The molecule has 1 aromatic carbocycles. The number of rotatable bonds is 3. The maximum atomic E-state index is 5.80. The normalized spacial score (nSPS) is 10.8. The molecule has 0 unspecified atom stereocenters. The fourth-order valence-corrected chi connectivity index (χ4v) is 2.41. The highest BCUT2D eigenvalue weighted by Crippen LogP contribution is 2.20. The molecule has 0 aliphatic carbocycles. The minimum Gasteiger partial charge on any atom is -0.485 e. The molecule has 2 aromatic heterocycles. The van der Waals surface area contributed by atoms with E-state index in [2.05, 4.69) is 26.0 Å². The molecule has 0 N–H and O–H groups in total. The molecule has 19 heavy (non-hydrogen) atoms. The van der Waals surface area contributed by atoms with Crippen LogP contribution in [0.3, 0.4) is 0 Å². The standard InChI is InChI=1S/C14H12BrN3O/c1-10-5-2-3-7-12(10)19-9-13-17-14(15)11-6-4-8-16-18(11)13/h2-8H,9H2,1H3. The fraction of sp³-hybridized carbons (Fsp3) is 0.143. The first-order chi connectivity index (χ1) is 9.25. The molecule has 0 fully saturated rings. The monoisotopic (exact) mass is 317 g/mol. The lowest BCUT2D eigenvalue weighted by atomic mass is 10.2. The number of halogens is 1. The predicted molar refractivity (Wildman–Crippen MR) is 76.2 cm³/mol. The van der Waals surface area contributed by atoms with Crippen molar-refractivity contribution >= 4 is 21.4 Å². The third kappa shape index (κ3) is 2.33. The number of benzene rings is 1. The zero-order valence-electron chi connectivity index (χ0n) is 10.4. The summed E-state index contributed by atoms with van der Waals surface area (Å²) in [6.07, 6.45) is 1.73. The summed E-state index contributed by atoms with van der Waals surface area (Å²) in [6.45, 7) is 2.40. The average molecular weight is 318 g/mol. The van der Waals surface area contributed by atoms with E-state index in [0.29, 0.717) is 6.61 Å². The lowest BCUT2D eigenvalue weighted by Gasteiger charge is -2.07. The van der Waals surface area contributed by atoms with Gasteiger partial charge in [0.15, 0.2) is 5.82 Å². The topological polar surface area (TPSA) is 39.4 Å². The number of nitrogens with zero attached hydrogens (tertiary/aromatic N) is 3. The Morgan fingerprint density at radius 2 is 2.05 bits per heavy atom. The Morgan fingerprint density at radius 1 is 1.21 bits per heavy atom. The van der Waals surface area contributed by atoms with Gasteiger partial charge in [-0.15, -0.1) is 0 Å². The molecule has 0 spiro atoms. The number of aromatic nitrogens is 3. The third-order valence-electron chi connectivity index (χ3n) is 2.88. The molecule has 3 aromatic rings. The van der Waals surface area contributed by atoms with Crippen molar-refractivity contribution in [2.45, 2.75) is 13.5 Å². The molecule has 0 radical (unpaired) electrons. The molecule has 96 valence electrons. The Balaban J connectivity index is 1.88. The van der Waals surface area contributed by atoms with E-state index >= 15 is 0 Å². The van der Waals surface area contributed by atoms with E-state index in [1.165, 1.54) is 0 Å².